The van der Waals surface area contributed by atoms with Crippen LogP contribution in [0.5, 0.6) is 5.75 Å². The van der Waals surface area contributed by atoms with Gasteiger partial charge in [0.2, 0.25) is 0 Å². The van der Waals surface area contributed by atoms with Gasteiger partial charge in [-0.3, -0.25) is 4.79 Å². The number of hydrogen-bond acceptors (Lipinski definition) is 4. The SMILES string of the molecule is CCOc1ccccc1N1CC[NH+](CC(=O)NCc2ccco2)CC1. The molecule has 0 bridgehead atoms. The number of piperazine rings is 1. The second kappa shape index (κ2) is 8.58. The molecule has 0 atom stereocenters. The maximum absolute atomic E-state index is 12.1. The first-order valence-corrected chi connectivity index (χ1v) is 8.85. The number of carbonyl (C=O) groups excluding carboxylic acids is 1. The number of amides is 1. The van der Waals surface area contributed by atoms with Gasteiger partial charge in [0.15, 0.2) is 6.54 Å². The first-order valence-electron chi connectivity index (χ1n) is 8.85. The molecule has 134 valence electrons. The van der Waals surface area contributed by atoms with Crippen LogP contribution in [0.15, 0.2) is 47.1 Å². The van der Waals surface area contributed by atoms with Gasteiger partial charge in [-0.1, -0.05) is 12.1 Å². The van der Waals surface area contributed by atoms with Gasteiger partial charge in [0.1, 0.15) is 11.5 Å². The van der Waals surface area contributed by atoms with Crippen molar-refractivity contribution in [3.05, 3.63) is 48.4 Å². The predicted molar refractivity (Wildman–Crippen MR) is 95.9 cm³/mol. The fourth-order valence-electron chi connectivity index (χ4n) is 3.13. The third-order valence-corrected chi connectivity index (χ3v) is 4.43. The fraction of sp³-hybridized carbons (Fsp3) is 0.421. The molecule has 1 aromatic carbocycles. The Bertz CT molecular complexity index is 664. The average Bonchev–Trinajstić information content (AvgIpc) is 3.15. The zero-order chi connectivity index (χ0) is 17.5. The molecular formula is C19H26N3O3+. The zero-order valence-electron chi connectivity index (χ0n) is 14.7. The highest BCUT2D eigenvalue weighted by Gasteiger charge is 2.23. The van der Waals surface area contributed by atoms with Crippen molar-refractivity contribution < 1.29 is 18.8 Å². The van der Waals surface area contributed by atoms with Gasteiger partial charge < -0.3 is 24.3 Å². The molecule has 1 aliphatic rings. The normalized spacial score (nSPS) is 15.2. The van der Waals surface area contributed by atoms with Crippen molar-refractivity contribution in [2.45, 2.75) is 13.5 Å². The van der Waals surface area contributed by atoms with E-state index in [4.69, 9.17) is 9.15 Å². The molecule has 6 heteroatoms. The summed E-state index contributed by atoms with van der Waals surface area (Å²) < 4.78 is 11.0. The first kappa shape index (κ1) is 17.4. The van der Waals surface area contributed by atoms with Crippen molar-refractivity contribution in [2.24, 2.45) is 0 Å². The Morgan fingerprint density at radius 2 is 2.04 bits per heavy atom. The monoisotopic (exact) mass is 344 g/mol. The molecule has 1 saturated heterocycles. The number of para-hydroxylation sites is 2. The molecule has 2 N–H and O–H groups in total. The molecule has 0 unspecified atom stereocenters. The topological polar surface area (TPSA) is 59.2 Å². The van der Waals surface area contributed by atoms with E-state index >= 15 is 0 Å². The minimum absolute atomic E-state index is 0.0644. The number of furan rings is 1. The Morgan fingerprint density at radius 3 is 2.76 bits per heavy atom. The van der Waals surface area contributed by atoms with Crippen LogP contribution in [-0.4, -0.2) is 45.2 Å². The quantitative estimate of drug-likeness (QED) is 0.776. The van der Waals surface area contributed by atoms with Crippen LogP contribution in [0.3, 0.4) is 0 Å². The molecule has 3 rings (SSSR count). The molecule has 2 aromatic rings. The average molecular weight is 344 g/mol. The molecule has 0 aliphatic carbocycles. The second-order valence-corrected chi connectivity index (χ2v) is 6.17. The van der Waals surface area contributed by atoms with Crippen LogP contribution < -0.4 is 19.9 Å². The molecule has 25 heavy (non-hydrogen) atoms. The van der Waals surface area contributed by atoms with E-state index < -0.39 is 0 Å². The minimum Gasteiger partial charge on any atom is -0.492 e. The number of quaternary nitrogens is 1. The van der Waals surface area contributed by atoms with Crippen molar-refractivity contribution >= 4 is 11.6 Å². The molecule has 1 amide bonds. The van der Waals surface area contributed by atoms with Crippen molar-refractivity contribution in [3.8, 4) is 5.75 Å². The molecule has 1 fully saturated rings. The molecule has 1 aromatic heterocycles. The van der Waals surface area contributed by atoms with Gasteiger partial charge in [0, 0.05) is 0 Å². The van der Waals surface area contributed by atoms with Crippen LogP contribution in [0.25, 0.3) is 0 Å². The summed E-state index contributed by atoms with van der Waals surface area (Å²) in [4.78, 5) is 15.7. The fourth-order valence-corrected chi connectivity index (χ4v) is 3.13. The second-order valence-electron chi connectivity index (χ2n) is 6.17. The van der Waals surface area contributed by atoms with Crippen molar-refractivity contribution in [3.63, 3.8) is 0 Å². The zero-order valence-corrected chi connectivity index (χ0v) is 14.7. The molecule has 2 heterocycles. The van der Waals surface area contributed by atoms with Crippen LogP contribution in [0, 0.1) is 0 Å². The molecule has 0 radical (unpaired) electrons. The number of carbonyl (C=O) groups is 1. The van der Waals surface area contributed by atoms with E-state index in [1.807, 2.05) is 37.3 Å². The Hall–Kier alpha value is -2.47. The highest BCUT2D eigenvalue weighted by molar-refractivity contribution is 5.76. The van der Waals surface area contributed by atoms with E-state index in [9.17, 15) is 4.79 Å². The van der Waals surface area contributed by atoms with Crippen LogP contribution in [0.2, 0.25) is 0 Å². The van der Waals surface area contributed by atoms with Gasteiger partial charge in [0.25, 0.3) is 5.91 Å². The summed E-state index contributed by atoms with van der Waals surface area (Å²) in [5, 5.41) is 2.91. The summed E-state index contributed by atoms with van der Waals surface area (Å²) in [6.07, 6.45) is 1.62. The number of hydrogen-bond donors (Lipinski definition) is 2. The highest BCUT2D eigenvalue weighted by Crippen LogP contribution is 2.27. The lowest BCUT2D eigenvalue weighted by Gasteiger charge is -2.34. The van der Waals surface area contributed by atoms with E-state index in [0.717, 1.165) is 43.4 Å². The summed E-state index contributed by atoms with van der Waals surface area (Å²) >= 11 is 0. The lowest BCUT2D eigenvalue weighted by molar-refractivity contribution is -0.892. The summed E-state index contributed by atoms with van der Waals surface area (Å²) in [6, 6.07) is 11.8. The van der Waals surface area contributed by atoms with Crippen molar-refractivity contribution in [1.29, 1.82) is 0 Å². The van der Waals surface area contributed by atoms with Crippen LogP contribution in [0.4, 0.5) is 5.69 Å². The summed E-state index contributed by atoms with van der Waals surface area (Å²) in [5.74, 6) is 1.78. The number of benzene rings is 1. The smallest absolute Gasteiger partial charge is 0.275 e. The number of ether oxygens (including phenoxy) is 1. The standard InChI is InChI=1S/C19H25N3O3/c1-2-24-18-8-4-3-7-17(18)22-11-9-21(10-12-22)15-19(23)20-14-16-6-5-13-25-16/h3-8,13H,2,9-12,14-15H2,1H3,(H,20,23)/p+1. The molecule has 0 spiro atoms. The highest BCUT2D eigenvalue weighted by atomic mass is 16.5. The van der Waals surface area contributed by atoms with Gasteiger partial charge in [-0.05, 0) is 31.2 Å². The van der Waals surface area contributed by atoms with E-state index in [1.54, 1.807) is 6.26 Å². The third-order valence-electron chi connectivity index (χ3n) is 4.43. The van der Waals surface area contributed by atoms with Gasteiger partial charge in [-0.15, -0.1) is 0 Å². The maximum Gasteiger partial charge on any atom is 0.275 e. The van der Waals surface area contributed by atoms with Crippen LogP contribution >= 0.6 is 0 Å². The largest absolute Gasteiger partial charge is 0.492 e. The van der Waals surface area contributed by atoms with Gasteiger partial charge >= 0.3 is 0 Å². The lowest BCUT2D eigenvalue weighted by Crippen LogP contribution is -3.15. The first-order chi connectivity index (χ1) is 12.3. The van der Waals surface area contributed by atoms with Crippen molar-refractivity contribution in [2.75, 3.05) is 44.2 Å². The summed E-state index contributed by atoms with van der Waals surface area (Å²) in [5.41, 5.74) is 1.14. The lowest BCUT2D eigenvalue weighted by atomic mass is 10.2. The van der Waals surface area contributed by atoms with Gasteiger partial charge in [-0.25, -0.2) is 0 Å². The minimum atomic E-state index is 0.0644. The Morgan fingerprint density at radius 1 is 1.24 bits per heavy atom. The summed E-state index contributed by atoms with van der Waals surface area (Å²) in [6.45, 7) is 7.34. The van der Waals surface area contributed by atoms with E-state index in [0.29, 0.717) is 19.7 Å². The van der Waals surface area contributed by atoms with Gasteiger partial charge in [0.05, 0.1) is 51.3 Å². The number of nitrogens with one attached hydrogen (secondary N) is 2. The summed E-state index contributed by atoms with van der Waals surface area (Å²) in [7, 11) is 0. The molecular weight excluding hydrogens is 318 g/mol. The Kier molecular flexibility index (Phi) is 5.95. The predicted octanol–water partition coefficient (Wildman–Crippen LogP) is 0.700. The third kappa shape index (κ3) is 4.76. The Balaban J connectivity index is 1.46. The van der Waals surface area contributed by atoms with Gasteiger partial charge in [-0.2, -0.15) is 0 Å². The number of nitrogens with zero attached hydrogens (tertiary/aromatic N) is 1. The molecule has 6 nitrogen and oxygen atoms in total. The van der Waals surface area contributed by atoms with Crippen LogP contribution in [-0.2, 0) is 11.3 Å². The molecule has 0 saturated carbocycles. The maximum atomic E-state index is 12.1. The van der Waals surface area contributed by atoms with E-state index in [-0.39, 0.29) is 5.91 Å². The number of rotatable bonds is 7. The van der Waals surface area contributed by atoms with Crippen LogP contribution in [0.1, 0.15) is 12.7 Å². The Labute approximate surface area is 148 Å². The van der Waals surface area contributed by atoms with E-state index in [1.165, 1.54) is 4.90 Å². The van der Waals surface area contributed by atoms with Crippen molar-refractivity contribution in [1.82, 2.24) is 5.32 Å². The number of anilines is 1. The molecule has 1 aliphatic heterocycles. The van der Waals surface area contributed by atoms with E-state index in [2.05, 4.69) is 16.3 Å².